The maximum absolute atomic E-state index is 12.5. The molecule has 0 aromatic heterocycles. The van der Waals surface area contributed by atoms with Gasteiger partial charge in [-0.15, -0.1) is 0 Å². The molecule has 1 unspecified atom stereocenters. The number of alkyl halides is 5. The Kier molecular flexibility index (Phi) is 6.92. The van der Waals surface area contributed by atoms with Gasteiger partial charge < -0.3 is 9.45 Å². The molecule has 0 aliphatic carbocycles. The molecule has 1 atom stereocenters. The lowest BCUT2D eigenvalue weighted by atomic mass is 10.2. The molecular formula is C15H15F5N2O2S2. The topological polar surface area (TPSA) is 55.7 Å². The fraction of sp³-hybridized carbons (Fsp3) is 0.467. The molecule has 2 rings (SSSR count). The maximum Gasteiger partial charge on any atom is 0.433 e. The minimum absolute atomic E-state index is 0.0198. The fourth-order valence-electron chi connectivity index (χ4n) is 2.15. The summed E-state index contributed by atoms with van der Waals surface area (Å²) in [5, 5.41) is 0.395. The number of hydrogen-bond acceptors (Lipinski definition) is 4. The summed E-state index contributed by atoms with van der Waals surface area (Å²) in [7, 11) is 0. The summed E-state index contributed by atoms with van der Waals surface area (Å²) in [4.78, 5) is 16.9. The van der Waals surface area contributed by atoms with Crippen molar-refractivity contribution in [3.05, 3.63) is 23.8 Å². The van der Waals surface area contributed by atoms with E-state index < -0.39 is 42.0 Å². The molecule has 1 fully saturated rings. The smallest absolute Gasteiger partial charge is 0.433 e. The predicted octanol–water partition coefficient (Wildman–Crippen LogP) is 3.54. The van der Waals surface area contributed by atoms with E-state index in [-0.39, 0.29) is 17.2 Å². The van der Waals surface area contributed by atoms with Crippen LogP contribution in [0.2, 0.25) is 0 Å². The van der Waals surface area contributed by atoms with Crippen molar-refractivity contribution in [3.63, 3.8) is 0 Å². The van der Waals surface area contributed by atoms with Crippen molar-refractivity contribution >= 4 is 39.6 Å². The van der Waals surface area contributed by atoms with Gasteiger partial charge in [0.2, 0.25) is 11.7 Å². The molecule has 1 aliphatic rings. The second-order valence-corrected chi connectivity index (χ2v) is 8.01. The lowest BCUT2D eigenvalue weighted by Crippen LogP contribution is -2.43. The number of amides is 1. The zero-order valence-corrected chi connectivity index (χ0v) is 15.2. The summed E-state index contributed by atoms with van der Waals surface area (Å²) >= 11 is -1.18. The van der Waals surface area contributed by atoms with E-state index in [9.17, 15) is 31.3 Å². The number of nitrogens with zero attached hydrogens (tertiary/aromatic N) is 2. The lowest BCUT2D eigenvalue weighted by Gasteiger charge is -2.27. The molecule has 1 aromatic rings. The van der Waals surface area contributed by atoms with Gasteiger partial charge in [-0.1, -0.05) is 17.8 Å². The first-order valence-electron chi connectivity index (χ1n) is 7.37. The van der Waals surface area contributed by atoms with Gasteiger partial charge in [-0.3, -0.25) is 4.79 Å². The highest BCUT2D eigenvalue weighted by atomic mass is 32.2. The molecule has 0 spiro atoms. The van der Waals surface area contributed by atoms with E-state index in [1.54, 1.807) is 6.92 Å². The molecule has 1 heterocycles. The Morgan fingerprint density at radius 1 is 1.38 bits per heavy atom. The molecule has 1 aliphatic heterocycles. The number of aryl methyl sites for hydroxylation is 1. The Morgan fingerprint density at radius 2 is 2.08 bits per heavy atom. The van der Waals surface area contributed by atoms with Crippen molar-refractivity contribution in [2.45, 2.75) is 24.4 Å². The first-order chi connectivity index (χ1) is 12.0. The molecule has 144 valence electrons. The van der Waals surface area contributed by atoms with Crippen LogP contribution in [0.4, 0.5) is 27.6 Å². The van der Waals surface area contributed by atoms with E-state index in [4.69, 9.17) is 0 Å². The number of carbonyl (C=O) groups excluding carboxylic acids is 1. The van der Waals surface area contributed by atoms with Crippen LogP contribution in [0.15, 0.2) is 28.1 Å². The van der Waals surface area contributed by atoms with Crippen molar-refractivity contribution in [2.75, 3.05) is 24.6 Å². The normalized spacial score (nSPS) is 18.7. The van der Waals surface area contributed by atoms with Crippen LogP contribution in [-0.4, -0.2) is 57.6 Å². The average Bonchev–Trinajstić information content (AvgIpc) is 2.50. The van der Waals surface area contributed by atoms with Crippen LogP contribution in [-0.2, 0) is 16.0 Å². The van der Waals surface area contributed by atoms with Gasteiger partial charge in [-0.05, 0) is 29.7 Å². The Hall–Kier alpha value is -1.33. The zero-order chi connectivity index (χ0) is 19.5. The van der Waals surface area contributed by atoms with E-state index in [1.165, 1.54) is 18.2 Å². The van der Waals surface area contributed by atoms with Gasteiger partial charge in [-0.25, -0.2) is 13.8 Å². The highest BCUT2D eigenvalue weighted by Gasteiger charge is 2.35. The van der Waals surface area contributed by atoms with Crippen molar-refractivity contribution < 1.29 is 31.3 Å². The SMILES string of the molecule is Cc1ccc([S+]([O-])CC(F)(F)F)cc1/N=C1/CN(CC(F)F)C(=O)CS1. The van der Waals surface area contributed by atoms with Gasteiger partial charge >= 0.3 is 6.18 Å². The third-order valence-electron chi connectivity index (χ3n) is 3.38. The van der Waals surface area contributed by atoms with E-state index in [0.29, 0.717) is 16.3 Å². The minimum atomic E-state index is -4.56. The van der Waals surface area contributed by atoms with Crippen molar-refractivity contribution in [2.24, 2.45) is 4.99 Å². The van der Waals surface area contributed by atoms with Crippen LogP contribution in [0.1, 0.15) is 5.56 Å². The summed E-state index contributed by atoms with van der Waals surface area (Å²) in [5.74, 6) is -1.92. The molecule has 1 saturated heterocycles. The number of halogens is 5. The summed E-state index contributed by atoms with van der Waals surface area (Å²) in [6, 6.07) is 4.12. The van der Waals surface area contributed by atoms with Crippen LogP contribution in [0.25, 0.3) is 0 Å². The molecule has 11 heteroatoms. The van der Waals surface area contributed by atoms with Crippen LogP contribution in [0, 0.1) is 6.92 Å². The molecule has 1 amide bonds. The van der Waals surface area contributed by atoms with Gasteiger partial charge in [0.15, 0.2) is 4.90 Å². The summed E-state index contributed by atoms with van der Waals surface area (Å²) in [5.41, 5.74) is 0.926. The zero-order valence-electron chi connectivity index (χ0n) is 13.6. The van der Waals surface area contributed by atoms with Crippen molar-refractivity contribution in [1.82, 2.24) is 4.90 Å². The van der Waals surface area contributed by atoms with Gasteiger partial charge in [0, 0.05) is 6.07 Å². The van der Waals surface area contributed by atoms with Gasteiger partial charge in [0.25, 0.3) is 6.43 Å². The van der Waals surface area contributed by atoms with Gasteiger partial charge in [0.05, 0.1) is 29.6 Å². The number of aliphatic imine (C=N–C) groups is 1. The van der Waals surface area contributed by atoms with Crippen LogP contribution < -0.4 is 0 Å². The Bertz CT molecular complexity index is 697. The van der Waals surface area contributed by atoms with E-state index >= 15 is 0 Å². The minimum Gasteiger partial charge on any atom is -0.611 e. The Balaban J connectivity index is 2.21. The number of thioether (sulfide) groups is 1. The number of carbonyl (C=O) groups is 1. The second kappa shape index (κ2) is 8.57. The Labute approximate surface area is 154 Å². The molecule has 26 heavy (non-hydrogen) atoms. The number of rotatable bonds is 5. The highest BCUT2D eigenvalue weighted by Crippen LogP contribution is 2.29. The average molecular weight is 414 g/mol. The molecule has 0 bridgehead atoms. The summed E-state index contributed by atoms with van der Waals surface area (Å²) < 4.78 is 74.1. The van der Waals surface area contributed by atoms with Crippen LogP contribution >= 0.6 is 11.8 Å². The van der Waals surface area contributed by atoms with Gasteiger partial charge in [-0.2, -0.15) is 13.2 Å². The number of hydrogen-bond donors (Lipinski definition) is 0. The van der Waals surface area contributed by atoms with Crippen LogP contribution in [0.3, 0.4) is 0 Å². The Morgan fingerprint density at radius 3 is 2.69 bits per heavy atom. The first-order valence-corrected chi connectivity index (χ1v) is 9.67. The van der Waals surface area contributed by atoms with E-state index in [1.807, 2.05) is 0 Å². The predicted molar refractivity (Wildman–Crippen MR) is 90.6 cm³/mol. The number of benzene rings is 1. The second-order valence-electron chi connectivity index (χ2n) is 5.51. The summed E-state index contributed by atoms with van der Waals surface area (Å²) in [6.45, 7) is 0.877. The van der Waals surface area contributed by atoms with Gasteiger partial charge in [0.1, 0.15) is 0 Å². The largest absolute Gasteiger partial charge is 0.611 e. The fourth-order valence-corrected chi connectivity index (χ4v) is 3.96. The molecular weight excluding hydrogens is 399 g/mol. The van der Waals surface area contributed by atoms with E-state index in [2.05, 4.69) is 4.99 Å². The molecule has 1 aromatic carbocycles. The molecule has 4 nitrogen and oxygen atoms in total. The quantitative estimate of drug-likeness (QED) is 0.547. The van der Waals surface area contributed by atoms with E-state index in [0.717, 1.165) is 16.7 Å². The van der Waals surface area contributed by atoms with Crippen molar-refractivity contribution in [3.8, 4) is 0 Å². The highest BCUT2D eigenvalue weighted by molar-refractivity contribution is 8.14. The first kappa shape index (κ1) is 21.0. The molecule has 0 radical (unpaired) electrons. The maximum atomic E-state index is 12.5. The molecule has 0 saturated carbocycles. The third kappa shape index (κ3) is 6.13. The third-order valence-corrected chi connectivity index (χ3v) is 5.70. The standard InChI is InChI=1S/C15H15F5N2O2S2/c1-9-2-3-10(26(24)8-15(18,19)20)4-11(9)21-13-6-22(5-12(16)17)14(23)7-25-13/h2-4,12H,5-8H2,1H3/b21-13-. The molecule has 0 N–H and O–H groups in total. The van der Waals surface area contributed by atoms with Crippen LogP contribution in [0.5, 0.6) is 0 Å². The monoisotopic (exact) mass is 414 g/mol. The lowest BCUT2D eigenvalue weighted by molar-refractivity contribution is -0.129. The van der Waals surface area contributed by atoms with Crippen molar-refractivity contribution in [1.29, 1.82) is 0 Å². The summed E-state index contributed by atoms with van der Waals surface area (Å²) in [6.07, 6.45) is -7.23.